The predicted octanol–water partition coefficient (Wildman–Crippen LogP) is 2.14. The summed E-state index contributed by atoms with van der Waals surface area (Å²) in [6.07, 6.45) is 9.45. The number of nitrogens with two attached hydrogens (primary N) is 2. The van der Waals surface area contributed by atoms with E-state index in [0.29, 0.717) is 11.7 Å². The summed E-state index contributed by atoms with van der Waals surface area (Å²) in [5.41, 5.74) is 9.92. The summed E-state index contributed by atoms with van der Waals surface area (Å²) < 4.78 is 0. The second kappa shape index (κ2) is 5.98. The SMILES string of the molecule is NNC(c1cccnc1N)C1CCCCCC1. The van der Waals surface area contributed by atoms with E-state index in [1.165, 1.54) is 38.5 Å². The van der Waals surface area contributed by atoms with Crippen molar-refractivity contribution in [3.8, 4) is 0 Å². The molecule has 0 aliphatic heterocycles. The third kappa shape index (κ3) is 2.96. The van der Waals surface area contributed by atoms with E-state index in [9.17, 15) is 0 Å². The average molecular weight is 234 g/mol. The van der Waals surface area contributed by atoms with Crippen LogP contribution in [0.25, 0.3) is 0 Å². The molecule has 1 unspecified atom stereocenters. The van der Waals surface area contributed by atoms with Crippen molar-refractivity contribution in [1.29, 1.82) is 0 Å². The third-order valence-corrected chi connectivity index (χ3v) is 3.76. The summed E-state index contributed by atoms with van der Waals surface area (Å²) >= 11 is 0. The van der Waals surface area contributed by atoms with E-state index in [0.717, 1.165) is 5.56 Å². The molecule has 1 aromatic heterocycles. The van der Waals surface area contributed by atoms with Gasteiger partial charge >= 0.3 is 0 Å². The molecule has 1 heterocycles. The second-order valence-electron chi connectivity index (χ2n) is 4.87. The Morgan fingerprint density at radius 1 is 1.24 bits per heavy atom. The summed E-state index contributed by atoms with van der Waals surface area (Å²) in [4.78, 5) is 4.15. The number of hydrogen-bond acceptors (Lipinski definition) is 4. The number of pyridine rings is 1. The molecule has 0 bridgehead atoms. The Kier molecular flexibility index (Phi) is 4.34. The van der Waals surface area contributed by atoms with Gasteiger partial charge in [-0.1, -0.05) is 31.7 Å². The summed E-state index contributed by atoms with van der Waals surface area (Å²) in [6.45, 7) is 0. The minimum Gasteiger partial charge on any atom is -0.383 e. The van der Waals surface area contributed by atoms with Gasteiger partial charge in [0.2, 0.25) is 0 Å². The molecule has 4 nitrogen and oxygen atoms in total. The number of aromatic nitrogens is 1. The standard InChI is InChI=1S/C13H22N4/c14-13-11(8-5-9-16-13)12(17-15)10-6-3-1-2-4-7-10/h5,8-10,12,17H,1-4,6-7,15H2,(H2,14,16). The molecule has 4 heteroatoms. The maximum absolute atomic E-state index is 5.94. The number of hydrogen-bond donors (Lipinski definition) is 3. The fraction of sp³-hybridized carbons (Fsp3) is 0.615. The lowest BCUT2D eigenvalue weighted by atomic mass is 9.88. The molecule has 0 saturated heterocycles. The average Bonchev–Trinajstić information content (AvgIpc) is 2.62. The van der Waals surface area contributed by atoms with Crippen molar-refractivity contribution in [3.05, 3.63) is 23.9 Å². The van der Waals surface area contributed by atoms with Gasteiger partial charge in [0, 0.05) is 11.8 Å². The second-order valence-corrected chi connectivity index (χ2v) is 4.87. The van der Waals surface area contributed by atoms with E-state index < -0.39 is 0 Å². The molecule has 1 saturated carbocycles. The number of anilines is 1. The Balaban J connectivity index is 2.17. The molecule has 0 aromatic carbocycles. The van der Waals surface area contributed by atoms with Crippen LogP contribution in [-0.4, -0.2) is 4.98 Å². The van der Waals surface area contributed by atoms with Crippen molar-refractivity contribution in [1.82, 2.24) is 10.4 Å². The van der Waals surface area contributed by atoms with Crippen molar-refractivity contribution in [2.24, 2.45) is 11.8 Å². The molecular formula is C13H22N4. The number of hydrazine groups is 1. The van der Waals surface area contributed by atoms with Crippen molar-refractivity contribution >= 4 is 5.82 Å². The van der Waals surface area contributed by atoms with Crippen LogP contribution in [0.5, 0.6) is 0 Å². The Labute approximate surface area is 103 Å². The van der Waals surface area contributed by atoms with Gasteiger partial charge in [-0.25, -0.2) is 4.98 Å². The normalized spacial score (nSPS) is 19.8. The fourth-order valence-electron chi connectivity index (χ4n) is 2.82. The zero-order valence-electron chi connectivity index (χ0n) is 10.2. The number of nitrogen functional groups attached to an aromatic ring is 1. The summed E-state index contributed by atoms with van der Waals surface area (Å²) in [5, 5.41) is 0. The van der Waals surface area contributed by atoms with Crippen LogP contribution in [0, 0.1) is 5.92 Å². The van der Waals surface area contributed by atoms with E-state index in [1.807, 2.05) is 12.1 Å². The summed E-state index contributed by atoms with van der Waals surface area (Å²) in [6, 6.07) is 4.09. The molecule has 2 rings (SSSR count). The van der Waals surface area contributed by atoms with Gasteiger partial charge in [-0.2, -0.15) is 0 Å². The van der Waals surface area contributed by atoms with Gasteiger partial charge in [0.25, 0.3) is 0 Å². The fourth-order valence-corrected chi connectivity index (χ4v) is 2.82. The molecule has 94 valence electrons. The molecule has 1 aliphatic rings. The van der Waals surface area contributed by atoms with E-state index in [4.69, 9.17) is 11.6 Å². The number of nitrogens with zero attached hydrogens (tertiary/aromatic N) is 1. The van der Waals surface area contributed by atoms with Crippen LogP contribution in [-0.2, 0) is 0 Å². The maximum Gasteiger partial charge on any atom is 0.128 e. The Bertz CT molecular complexity index is 345. The van der Waals surface area contributed by atoms with E-state index in [-0.39, 0.29) is 6.04 Å². The van der Waals surface area contributed by atoms with Crippen molar-refractivity contribution in [3.63, 3.8) is 0 Å². The Hall–Kier alpha value is -1.13. The third-order valence-electron chi connectivity index (χ3n) is 3.76. The molecule has 1 atom stereocenters. The minimum absolute atomic E-state index is 0.141. The first-order valence-electron chi connectivity index (χ1n) is 6.49. The molecule has 0 spiro atoms. The first-order valence-corrected chi connectivity index (χ1v) is 6.49. The van der Waals surface area contributed by atoms with Gasteiger partial charge in [0.15, 0.2) is 0 Å². The van der Waals surface area contributed by atoms with Gasteiger partial charge in [-0.15, -0.1) is 0 Å². The highest BCUT2D eigenvalue weighted by Crippen LogP contribution is 2.34. The molecule has 1 aliphatic carbocycles. The molecule has 0 amide bonds. The number of rotatable bonds is 3. The zero-order chi connectivity index (χ0) is 12.1. The smallest absolute Gasteiger partial charge is 0.128 e. The molecule has 1 aromatic rings. The van der Waals surface area contributed by atoms with Crippen LogP contribution in [0.3, 0.4) is 0 Å². The predicted molar refractivity (Wildman–Crippen MR) is 69.9 cm³/mol. The molecular weight excluding hydrogens is 212 g/mol. The van der Waals surface area contributed by atoms with E-state index in [2.05, 4.69) is 10.4 Å². The first-order chi connectivity index (χ1) is 8.33. The minimum atomic E-state index is 0.141. The van der Waals surface area contributed by atoms with Gasteiger partial charge in [-0.05, 0) is 24.8 Å². The van der Waals surface area contributed by atoms with Crippen LogP contribution in [0.2, 0.25) is 0 Å². The largest absolute Gasteiger partial charge is 0.383 e. The topological polar surface area (TPSA) is 77.0 Å². The van der Waals surface area contributed by atoms with Gasteiger partial charge in [-0.3, -0.25) is 11.3 Å². The van der Waals surface area contributed by atoms with Crippen LogP contribution < -0.4 is 17.0 Å². The lowest BCUT2D eigenvalue weighted by Gasteiger charge is -2.26. The van der Waals surface area contributed by atoms with Gasteiger partial charge in [0.1, 0.15) is 5.82 Å². The van der Waals surface area contributed by atoms with Gasteiger partial charge in [0.05, 0.1) is 6.04 Å². The molecule has 17 heavy (non-hydrogen) atoms. The Morgan fingerprint density at radius 3 is 2.53 bits per heavy atom. The first kappa shape index (κ1) is 12.3. The van der Waals surface area contributed by atoms with Gasteiger partial charge < -0.3 is 5.73 Å². The van der Waals surface area contributed by atoms with Crippen molar-refractivity contribution in [2.75, 3.05) is 5.73 Å². The van der Waals surface area contributed by atoms with Crippen LogP contribution in [0.15, 0.2) is 18.3 Å². The number of nitrogens with one attached hydrogen (secondary N) is 1. The summed E-state index contributed by atoms with van der Waals surface area (Å²) in [7, 11) is 0. The van der Waals surface area contributed by atoms with E-state index in [1.54, 1.807) is 6.20 Å². The van der Waals surface area contributed by atoms with E-state index >= 15 is 0 Å². The van der Waals surface area contributed by atoms with Crippen molar-refractivity contribution in [2.45, 2.75) is 44.6 Å². The Morgan fingerprint density at radius 2 is 1.94 bits per heavy atom. The molecule has 1 fully saturated rings. The lowest BCUT2D eigenvalue weighted by Crippen LogP contribution is -2.34. The summed E-state index contributed by atoms with van der Waals surface area (Å²) in [5.74, 6) is 6.90. The molecule has 0 radical (unpaired) electrons. The van der Waals surface area contributed by atoms with Crippen molar-refractivity contribution < 1.29 is 0 Å². The monoisotopic (exact) mass is 234 g/mol. The van der Waals surface area contributed by atoms with Crippen LogP contribution in [0.4, 0.5) is 5.82 Å². The van der Waals surface area contributed by atoms with Crippen LogP contribution >= 0.6 is 0 Å². The molecule has 5 N–H and O–H groups in total. The lowest BCUT2D eigenvalue weighted by molar-refractivity contribution is 0.329. The highest BCUT2D eigenvalue weighted by atomic mass is 15.2. The quantitative estimate of drug-likeness (QED) is 0.425. The highest BCUT2D eigenvalue weighted by Gasteiger charge is 2.24. The highest BCUT2D eigenvalue weighted by molar-refractivity contribution is 5.41. The maximum atomic E-state index is 5.94. The zero-order valence-corrected chi connectivity index (χ0v) is 10.2. The van der Waals surface area contributed by atoms with Crippen LogP contribution in [0.1, 0.15) is 50.1 Å².